The second kappa shape index (κ2) is 8.43. The molecule has 23 heavy (non-hydrogen) atoms. The lowest BCUT2D eigenvalue weighted by molar-refractivity contribution is -0.134. The summed E-state index contributed by atoms with van der Waals surface area (Å²) in [5.74, 6) is 0.695. The fourth-order valence-electron chi connectivity index (χ4n) is 3.40. The van der Waals surface area contributed by atoms with Gasteiger partial charge in [-0.05, 0) is 37.4 Å². The van der Waals surface area contributed by atoms with Crippen molar-refractivity contribution < 1.29 is 9.53 Å². The van der Waals surface area contributed by atoms with Gasteiger partial charge >= 0.3 is 0 Å². The Morgan fingerprint density at radius 2 is 2.04 bits per heavy atom. The second-order valence-corrected chi connectivity index (χ2v) is 6.38. The summed E-state index contributed by atoms with van der Waals surface area (Å²) >= 11 is 0. The lowest BCUT2D eigenvalue weighted by Gasteiger charge is -2.32. The van der Waals surface area contributed by atoms with Crippen molar-refractivity contribution in [3.8, 4) is 0 Å². The SMILES string of the molecule is O=C(NCCN1CCC(c2ccccc2)CC1)[C@@H]1CNCCO1. The van der Waals surface area contributed by atoms with Crippen LogP contribution in [0.3, 0.4) is 0 Å². The summed E-state index contributed by atoms with van der Waals surface area (Å²) in [6.07, 6.45) is 2.08. The minimum Gasteiger partial charge on any atom is -0.366 e. The van der Waals surface area contributed by atoms with Gasteiger partial charge in [0.1, 0.15) is 6.10 Å². The molecule has 3 rings (SSSR count). The average Bonchev–Trinajstić information content (AvgIpc) is 2.64. The van der Waals surface area contributed by atoms with Gasteiger partial charge in [0.25, 0.3) is 5.91 Å². The summed E-state index contributed by atoms with van der Waals surface area (Å²) < 4.78 is 5.46. The Bertz CT molecular complexity index is 480. The van der Waals surface area contributed by atoms with Crippen molar-refractivity contribution >= 4 is 5.91 Å². The topological polar surface area (TPSA) is 53.6 Å². The van der Waals surface area contributed by atoms with Crippen LogP contribution in [0, 0.1) is 0 Å². The quantitative estimate of drug-likeness (QED) is 0.850. The maximum atomic E-state index is 12.0. The zero-order chi connectivity index (χ0) is 15.9. The molecule has 0 bridgehead atoms. The third-order valence-corrected chi connectivity index (χ3v) is 4.81. The van der Waals surface area contributed by atoms with E-state index in [1.165, 1.54) is 18.4 Å². The van der Waals surface area contributed by atoms with Gasteiger partial charge in [-0.25, -0.2) is 0 Å². The van der Waals surface area contributed by atoms with Gasteiger partial charge in [-0.1, -0.05) is 30.3 Å². The van der Waals surface area contributed by atoms with Crippen LogP contribution in [0.1, 0.15) is 24.3 Å². The number of rotatable bonds is 5. The highest BCUT2D eigenvalue weighted by molar-refractivity contribution is 5.81. The Morgan fingerprint density at radius 1 is 1.26 bits per heavy atom. The number of ether oxygens (including phenoxy) is 1. The van der Waals surface area contributed by atoms with Crippen LogP contribution in [0.2, 0.25) is 0 Å². The highest BCUT2D eigenvalue weighted by Gasteiger charge is 2.22. The summed E-state index contributed by atoms with van der Waals surface area (Å²) in [6.45, 7) is 5.91. The van der Waals surface area contributed by atoms with Crippen LogP contribution in [-0.4, -0.2) is 62.8 Å². The number of amides is 1. The van der Waals surface area contributed by atoms with Crippen LogP contribution >= 0.6 is 0 Å². The van der Waals surface area contributed by atoms with E-state index in [9.17, 15) is 4.79 Å². The number of hydrogen-bond acceptors (Lipinski definition) is 4. The van der Waals surface area contributed by atoms with Crippen molar-refractivity contribution in [1.29, 1.82) is 0 Å². The van der Waals surface area contributed by atoms with Crippen LogP contribution in [0.5, 0.6) is 0 Å². The molecular weight excluding hydrogens is 290 g/mol. The van der Waals surface area contributed by atoms with Crippen molar-refractivity contribution in [2.75, 3.05) is 45.9 Å². The maximum Gasteiger partial charge on any atom is 0.250 e. The molecule has 0 radical (unpaired) electrons. The molecule has 2 saturated heterocycles. The van der Waals surface area contributed by atoms with Gasteiger partial charge in [0.15, 0.2) is 0 Å². The van der Waals surface area contributed by atoms with E-state index in [4.69, 9.17) is 4.74 Å². The molecule has 2 fully saturated rings. The van der Waals surface area contributed by atoms with E-state index in [2.05, 4.69) is 45.9 Å². The highest BCUT2D eigenvalue weighted by atomic mass is 16.5. The third-order valence-electron chi connectivity index (χ3n) is 4.81. The lowest BCUT2D eigenvalue weighted by atomic mass is 9.89. The van der Waals surface area contributed by atoms with Crippen LogP contribution in [-0.2, 0) is 9.53 Å². The molecule has 1 atom stereocenters. The first-order valence-electron chi connectivity index (χ1n) is 8.70. The number of benzene rings is 1. The first-order chi connectivity index (χ1) is 11.3. The third kappa shape index (κ3) is 4.77. The first-order valence-corrected chi connectivity index (χ1v) is 8.70. The standard InChI is InChI=1S/C18H27N3O2/c22-18(17-14-19-9-13-23-17)20-8-12-21-10-6-16(7-11-21)15-4-2-1-3-5-15/h1-5,16-17,19H,6-14H2,(H,20,22)/t17-/m0/s1. The van der Waals surface area contributed by atoms with Gasteiger partial charge in [-0.15, -0.1) is 0 Å². The molecule has 5 nitrogen and oxygen atoms in total. The predicted octanol–water partition coefficient (Wildman–Crippen LogP) is 0.971. The number of nitrogens with zero attached hydrogens (tertiary/aromatic N) is 1. The Morgan fingerprint density at radius 3 is 2.74 bits per heavy atom. The summed E-state index contributed by atoms with van der Waals surface area (Å²) in [5, 5.41) is 6.18. The summed E-state index contributed by atoms with van der Waals surface area (Å²) in [7, 11) is 0. The maximum absolute atomic E-state index is 12.0. The number of morpholine rings is 1. The van der Waals surface area contributed by atoms with E-state index in [-0.39, 0.29) is 12.0 Å². The fourth-order valence-corrected chi connectivity index (χ4v) is 3.40. The Labute approximate surface area is 138 Å². The van der Waals surface area contributed by atoms with Crippen LogP contribution in [0.4, 0.5) is 0 Å². The number of likely N-dealkylation sites (tertiary alicyclic amines) is 1. The second-order valence-electron chi connectivity index (χ2n) is 6.38. The minimum absolute atomic E-state index is 0.0105. The zero-order valence-electron chi connectivity index (χ0n) is 13.7. The summed E-state index contributed by atoms with van der Waals surface area (Å²) in [4.78, 5) is 14.4. The molecule has 0 aromatic heterocycles. The average molecular weight is 317 g/mol. The minimum atomic E-state index is -0.326. The van der Waals surface area contributed by atoms with Gasteiger partial charge in [-0.3, -0.25) is 4.79 Å². The molecule has 0 spiro atoms. The van der Waals surface area contributed by atoms with E-state index in [1.54, 1.807) is 0 Å². The molecule has 1 aromatic rings. The number of carbonyl (C=O) groups is 1. The van der Waals surface area contributed by atoms with Crippen molar-refractivity contribution in [2.24, 2.45) is 0 Å². The molecule has 2 heterocycles. The monoisotopic (exact) mass is 317 g/mol. The van der Waals surface area contributed by atoms with E-state index in [0.29, 0.717) is 25.6 Å². The van der Waals surface area contributed by atoms with Crippen molar-refractivity contribution in [3.05, 3.63) is 35.9 Å². The Balaban J connectivity index is 1.34. The molecule has 2 aliphatic rings. The Hall–Kier alpha value is -1.43. The predicted molar refractivity (Wildman–Crippen MR) is 90.5 cm³/mol. The van der Waals surface area contributed by atoms with Gasteiger partial charge in [-0.2, -0.15) is 0 Å². The van der Waals surface area contributed by atoms with Crippen LogP contribution in [0.15, 0.2) is 30.3 Å². The van der Waals surface area contributed by atoms with E-state index < -0.39 is 0 Å². The molecule has 1 aromatic carbocycles. The van der Waals surface area contributed by atoms with E-state index >= 15 is 0 Å². The molecule has 0 saturated carbocycles. The smallest absolute Gasteiger partial charge is 0.250 e. The van der Waals surface area contributed by atoms with E-state index in [0.717, 1.165) is 26.2 Å². The van der Waals surface area contributed by atoms with Gasteiger partial charge in [0.05, 0.1) is 6.61 Å². The molecular formula is C18H27N3O2. The summed E-state index contributed by atoms with van der Waals surface area (Å²) in [6, 6.07) is 10.8. The fraction of sp³-hybridized carbons (Fsp3) is 0.611. The first kappa shape index (κ1) is 16.4. The van der Waals surface area contributed by atoms with Crippen molar-refractivity contribution in [1.82, 2.24) is 15.5 Å². The van der Waals surface area contributed by atoms with Crippen LogP contribution in [0.25, 0.3) is 0 Å². The molecule has 2 aliphatic heterocycles. The van der Waals surface area contributed by atoms with Gasteiger partial charge in [0.2, 0.25) is 0 Å². The molecule has 126 valence electrons. The molecule has 1 amide bonds. The summed E-state index contributed by atoms with van der Waals surface area (Å²) in [5.41, 5.74) is 1.46. The lowest BCUT2D eigenvalue weighted by Crippen LogP contribution is -2.49. The number of nitrogens with one attached hydrogen (secondary N) is 2. The molecule has 2 N–H and O–H groups in total. The van der Waals surface area contributed by atoms with Crippen molar-refractivity contribution in [2.45, 2.75) is 24.9 Å². The zero-order valence-corrected chi connectivity index (χ0v) is 13.7. The number of hydrogen-bond donors (Lipinski definition) is 2. The van der Waals surface area contributed by atoms with Crippen molar-refractivity contribution in [3.63, 3.8) is 0 Å². The molecule has 0 unspecified atom stereocenters. The number of carbonyl (C=O) groups excluding carboxylic acids is 1. The van der Waals surface area contributed by atoms with Crippen LogP contribution < -0.4 is 10.6 Å². The largest absolute Gasteiger partial charge is 0.366 e. The molecule has 0 aliphatic carbocycles. The Kier molecular flexibility index (Phi) is 6.02. The highest BCUT2D eigenvalue weighted by Crippen LogP contribution is 2.27. The number of piperidine rings is 1. The molecule has 5 heteroatoms. The normalized spacial score (nSPS) is 23.6. The van der Waals surface area contributed by atoms with Gasteiger partial charge < -0.3 is 20.3 Å². The van der Waals surface area contributed by atoms with E-state index in [1.807, 2.05) is 0 Å². The van der Waals surface area contributed by atoms with Gasteiger partial charge in [0, 0.05) is 26.2 Å².